The third-order valence-electron chi connectivity index (χ3n) is 4.28. The van der Waals surface area contributed by atoms with Gasteiger partial charge in [0.05, 0.1) is 6.54 Å². The Bertz CT molecular complexity index is 597. The van der Waals surface area contributed by atoms with Crippen molar-refractivity contribution in [3.8, 4) is 0 Å². The van der Waals surface area contributed by atoms with Crippen molar-refractivity contribution in [2.24, 2.45) is 4.99 Å². The quantitative estimate of drug-likeness (QED) is 0.378. The number of nitrogens with one attached hydrogen (secondary N) is 1. The molecule has 2 rings (SSSR count). The molecule has 1 aromatic carbocycles. The van der Waals surface area contributed by atoms with Gasteiger partial charge in [-0.05, 0) is 37.3 Å². The summed E-state index contributed by atoms with van der Waals surface area (Å²) in [5.74, 6) is 0.834. The zero-order valence-electron chi connectivity index (χ0n) is 14.8. The number of carbonyl (C=O) groups excluding carboxylic acids is 1. The predicted octanol–water partition coefficient (Wildman–Crippen LogP) is 2.44. The maximum absolute atomic E-state index is 12.6. The van der Waals surface area contributed by atoms with Gasteiger partial charge in [-0.2, -0.15) is 0 Å². The summed E-state index contributed by atoms with van der Waals surface area (Å²) in [5.41, 5.74) is 2.30. The fourth-order valence-electron chi connectivity index (χ4n) is 3.01. The van der Waals surface area contributed by atoms with Crippen LogP contribution in [0.5, 0.6) is 0 Å². The van der Waals surface area contributed by atoms with E-state index in [0.717, 1.165) is 50.4 Å². The number of nitrogens with zero attached hydrogens (tertiary/aromatic N) is 3. The van der Waals surface area contributed by atoms with Crippen LogP contribution in [0.3, 0.4) is 0 Å². The summed E-state index contributed by atoms with van der Waals surface area (Å²) in [4.78, 5) is 20.8. The number of unbranched alkanes of at least 4 members (excludes halogenated alkanes) is 1. The van der Waals surface area contributed by atoms with Gasteiger partial charge in [0.1, 0.15) is 0 Å². The van der Waals surface area contributed by atoms with Gasteiger partial charge in [0, 0.05) is 32.9 Å². The predicted molar refractivity (Wildman–Crippen MR) is 101 cm³/mol. The minimum absolute atomic E-state index is 0.0859. The molecule has 0 unspecified atom stereocenters. The molecule has 0 radical (unpaired) electrons. The Hall–Kier alpha value is -2.30. The number of para-hydroxylation sites is 1. The lowest BCUT2D eigenvalue weighted by atomic mass is 10.0. The van der Waals surface area contributed by atoms with Gasteiger partial charge < -0.3 is 15.1 Å². The lowest BCUT2D eigenvalue weighted by Crippen LogP contribution is -2.46. The number of anilines is 1. The Kier molecular flexibility index (Phi) is 6.85. The zero-order valence-corrected chi connectivity index (χ0v) is 14.8. The number of guanidine groups is 1. The lowest BCUT2D eigenvalue weighted by Gasteiger charge is -2.30. The van der Waals surface area contributed by atoms with Gasteiger partial charge in [0.15, 0.2) is 5.96 Å². The van der Waals surface area contributed by atoms with E-state index in [1.54, 1.807) is 7.05 Å². The van der Waals surface area contributed by atoms with E-state index in [1.165, 1.54) is 5.56 Å². The van der Waals surface area contributed by atoms with Gasteiger partial charge in [0.25, 0.3) is 0 Å². The van der Waals surface area contributed by atoms with E-state index in [0.29, 0.717) is 0 Å². The Morgan fingerprint density at radius 3 is 3.00 bits per heavy atom. The molecule has 1 aromatic rings. The second kappa shape index (κ2) is 9.11. The number of carbonyl (C=O) groups is 1. The molecule has 0 aromatic heterocycles. The van der Waals surface area contributed by atoms with Crippen molar-refractivity contribution < 1.29 is 4.79 Å². The highest BCUT2D eigenvalue weighted by Crippen LogP contribution is 2.26. The Balaban J connectivity index is 1.92. The van der Waals surface area contributed by atoms with Gasteiger partial charge in [0.2, 0.25) is 5.91 Å². The second-order valence-electron chi connectivity index (χ2n) is 6.03. The van der Waals surface area contributed by atoms with Gasteiger partial charge in [-0.15, -0.1) is 6.58 Å². The SMILES string of the molecule is C=CCCCN(C)C(=NC)NCC(=O)N1CCCc2ccccc21. The molecular formula is C19H28N4O. The molecule has 0 atom stereocenters. The van der Waals surface area contributed by atoms with Gasteiger partial charge in [-0.3, -0.25) is 9.79 Å². The highest BCUT2D eigenvalue weighted by molar-refractivity contribution is 5.98. The highest BCUT2D eigenvalue weighted by atomic mass is 16.2. The van der Waals surface area contributed by atoms with E-state index in [2.05, 4.69) is 23.0 Å². The molecule has 0 aliphatic carbocycles. The van der Waals surface area contributed by atoms with Gasteiger partial charge in [-0.1, -0.05) is 24.3 Å². The monoisotopic (exact) mass is 328 g/mol. The van der Waals surface area contributed by atoms with Crippen molar-refractivity contribution >= 4 is 17.6 Å². The minimum atomic E-state index is 0.0859. The van der Waals surface area contributed by atoms with Crippen LogP contribution < -0.4 is 10.2 Å². The van der Waals surface area contributed by atoms with E-state index >= 15 is 0 Å². The number of rotatable bonds is 6. The summed E-state index contributed by atoms with van der Waals surface area (Å²) >= 11 is 0. The molecule has 5 heteroatoms. The van der Waals surface area contributed by atoms with Crippen molar-refractivity contribution in [1.82, 2.24) is 10.2 Å². The first-order valence-electron chi connectivity index (χ1n) is 8.58. The summed E-state index contributed by atoms with van der Waals surface area (Å²) in [6.45, 7) is 5.66. The molecule has 0 saturated heterocycles. The van der Waals surface area contributed by atoms with Crippen LogP contribution in [0.25, 0.3) is 0 Å². The topological polar surface area (TPSA) is 47.9 Å². The van der Waals surface area contributed by atoms with E-state index in [4.69, 9.17) is 0 Å². The normalized spacial score (nSPS) is 14.1. The summed E-state index contributed by atoms with van der Waals surface area (Å²) in [6.07, 6.45) is 5.97. The summed E-state index contributed by atoms with van der Waals surface area (Å²) < 4.78 is 0. The molecule has 0 fully saturated rings. The molecule has 5 nitrogen and oxygen atoms in total. The molecule has 24 heavy (non-hydrogen) atoms. The maximum atomic E-state index is 12.6. The molecule has 1 aliphatic rings. The number of aliphatic imine (C=N–C) groups is 1. The number of allylic oxidation sites excluding steroid dienone is 1. The summed E-state index contributed by atoms with van der Waals surface area (Å²) in [5, 5.41) is 3.18. The smallest absolute Gasteiger partial charge is 0.246 e. The molecule has 1 amide bonds. The van der Waals surface area contributed by atoms with Crippen LogP contribution in [0.4, 0.5) is 5.69 Å². The molecule has 1 N–H and O–H groups in total. The molecule has 0 bridgehead atoms. The summed E-state index contributed by atoms with van der Waals surface area (Å²) in [7, 11) is 3.73. The van der Waals surface area contributed by atoms with Crippen LogP contribution in [0, 0.1) is 0 Å². The average molecular weight is 328 g/mol. The van der Waals surface area contributed by atoms with Gasteiger partial charge in [-0.25, -0.2) is 0 Å². The fraction of sp³-hybridized carbons (Fsp3) is 0.474. The van der Waals surface area contributed by atoms with Crippen molar-refractivity contribution in [1.29, 1.82) is 0 Å². The number of amides is 1. The number of aryl methyl sites for hydroxylation is 1. The number of fused-ring (bicyclic) bond motifs is 1. The lowest BCUT2D eigenvalue weighted by molar-refractivity contribution is -0.117. The Morgan fingerprint density at radius 2 is 2.25 bits per heavy atom. The van der Waals surface area contributed by atoms with E-state index in [1.807, 2.05) is 41.1 Å². The van der Waals surface area contributed by atoms with Crippen LogP contribution in [0.15, 0.2) is 41.9 Å². The highest BCUT2D eigenvalue weighted by Gasteiger charge is 2.22. The third-order valence-corrected chi connectivity index (χ3v) is 4.28. The first kappa shape index (κ1) is 18.0. The van der Waals surface area contributed by atoms with Crippen molar-refractivity contribution in [2.45, 2.75) is 25.7 Å². The van der Waals surface area contributed by atoms with Crippen LogP contribution >= 0.6 is 0 Å². The molecule has 0 spiro atoms. The largest absolute Gasteiger partial charge is 0.347 e. The molecule has 1 aliphatic heterocycles. The third kappa shape index (κ3) is 4.60. The van der Waals surface area contributed by atoms with Crippen LogP contribution in [0.2, 0.25) is 0 Å². The van der Waals surface area contributed by atoms with E-state index in [-0.39, 0.29) is 12.5 Å². The Morgan fingerprint density at radius 1 is 1.46 bits per heavy atom. The van der Waals surface area contributed by atoms with Crippen LogP contribution in [-0.4, -0.2) is 50.5 Å². The molecular weight excluding hydrogens is 300 g/mol. The van der Waals surface area contributed by atoms with E-state index < -0.39 is 0 Å². The minimum Gasteiger partial charge on any atom is -0.347 e. The van der Waals surface area contributed by atoms with Crippen molar-refractivity contribution in [3.63, 3.8) is 0 Å². The van der Waals surface area contributed by atoms with Crippen molar-refractivity contribution in [2.75, 3.05) is 38.6 Å². The fourth-order valence-corrected chi connectivity index (χ4v) is 3.01. The number of benzene rings is 1. The number of hydrogen-bond acceptors (Lipinski definition) is 2. The standard InChI is InChI=1S/C19H28N4O/c1-4-5-8-13-22(3)19(20-2)21-15-18(24)23-14-9-11-16-10-6-7-12-17(16)23/h4,6-7,10,12H,1,5,8-9,11,13-15H2,2-3H3,(H,20,21). The molecule has 130 valence electrons. The first-order valence-corrected chi connectivity index (χ1v) is 8.58. The first-order chi connectivity index (χ1) is 11.7. The van der Waals surface area contributed by atoms with Crippen LogP contribution in [0.1, 0.15) is 24.8 Å². The Labute approximate surface area is 145 Å². The number of hydrogen-bond donors (Lipinski definition) is 1. The summed E-state index contributed by atoms with van der Waals surface area (Å²) in [6, 6.07) is 8.16. The van der Waals surface area contributed by atoms with Crippen molar-refractivity contribution in [3.05, 3.63) is 42.5 Å². The maximum Gasteiger partial charge on any atom is 0.246 e. The van der Waals surface area contributed by atoms with Gasteiger partial charge >= 0.3 is 0 Å². The second-order valence-corrected chi connectivity index (χ2v) is 6.03. The van der Waals surface area contributed by atoms with Crippen LogP contribution in [-0.2, 0) is 11.2 Å². The van der Waals surface area contributed by atoms with E-state index in [9.17, 15) is 4.79 Å². The zero-order chi connectivity index (χ0) is 17.4. The average Bonchev–Trinajstić information content (AvgIpc) is 2.61. The molecule has 0 saturated carbocycles. The molecule has 1 heterocycles.